The molecule has 0 aromatic heterocycles. The number of carbonyl (C=O) groups excluding carboxylic acids is 1. The van der Waals surface area contributed by atoms with Crippen LogP contribution in [0.3, 0.4) is 0 Å². The summed E-state index contributed by atoms with van der Waals surface area (Å²) in [6, 6.07) is 4.50. The van der Waals surface area contributed by atoms with Crippen molar-refractivity contribution >= 4 is 5.91 Å². The molecule has 1 unspecified atom stereocenters. The molecule has 1 heterocycles. The molecular weight excluding hydrogens is 273 g/mol. The van der Waals surface area contributed by atoms with Crippen LogP contribution in [-0.2, 0) is 22.6 Å². The molecule has 1 atom stereocenters. The Labute approximate surface area is 124 Å². The molecule has 0 saturated carbocycles. The summed E-state index contributed by atoms with van der Waals surface area (Å²) in [7, 11) is 0. The lowest BCUT2D eigenvalue weighted by atomic mass is 10.1. The number of amides is 1. The molecule has 0 aliphatic carbocycles. The van der Waals surface area contributed by atoms with E-state index in [1.54, 1.807) is 12.1 Å². The van der Waals surface area contributed by atoms with E-state index >= 15 is 0 Å². The van der Waals surface area contributed by atoms with Crippen molar-refractivity contribution in [3.8, 4) is 0 Å². The fraction of sp³-hybridized carbons (Fsp3) is 0.533. The lowest BCUT2D eigenvalue weighted by Crippen LogP contribution is -2.53. The van der Waals surface area contributed by atoms with Gasteiger partial charge in [-0.15, -0.1) is 0 Å². The average Bonchev–Trinajstić information content (AvgIpc) is 2.50. The Balaban J connectivity index is 2.13. The maximum Gasteiger partial charge on any atom is 0.239 e. The Kier molecular flexibility index (Phi) is 5.67. The van der Waals surface area contributed by atoms with Gasteiger partial charge in [-0.2, -0.15) is 0 Å². The van der Waals surface area contributed by atoms with Crippen molar-refractivity contribution in [1.82, 2.24) is 10.2 Å². The smallest absolute Gasteiger partial charge is 0.239 e. The first kappa shape index (κ1) is 15.9. The summed E-state index contributed by atoms with van der Waals surface area (Å²) >= 11 is 0. The van der Waals surface area contributed by atoms with Crippen LogP contribution in [0.4, 0.5) is 4.39 Å². The maximum absolute atomic E-state index is 13.9. The van der Waals surface area contributed by atoms with Gasteiger partial charge in [0.15, 0.2) is 0 Å². The van der Waals surface area contributed by atoms with Gasteiger partial charge in [-0.3, -0.25) is 9.69 Å². The highest BCUT2D eigenvalue weighted by atomic mass is 19.1. The van der Waals surface area contributed by atoms with Gasteiger partial charge in [0.2, 0.25) is 5.91 Å². The molecule has 1 fully saturated rings. The van der Waals surface area contributed by atoms with Crippen LogP contribution in [0.1, 0.15) is 18.1 Å². The molecule has 0 bridgehead atoms. The predicted molar refractivity (Wildman–Crippen MR) is 78.0 cm³/mol. The van der Waals surface area contributed by atoms with Crippen molar-refractivity contribution in [2.24, 2.45) is 5.73 Å². The first-order valence-electron chi connectivity index (χ1n) is 7.22. The van der Waals surface area contributed by atoms with Gasteiger partial charge in [0.1, 0.15) is 11.9 Å². The lowest BCUT2D eigenvalue weighted by molar-refractivity contribution is -0.132. The molecule has 1 saturated heterocycles. The van der Waals surface area contributed by atoms with Crippen LogP contribution in [0.15, 0.2) is 18.2 Å². The van der Waals surface area contributed by atoms with Crippen molar-refractivity contribution in [3.05, 3.63) is 35.1 Å². The number of nitrogens with two attached hydrogens (primary N) is 1. The standard InChI is InChI=1S/C15H22FN3O2/c1-2-18-15(20)14-10-21-6-5-19(14)9-12-7-11(8-17)3-4-13(12)16/h3-4,7,14H,2,5-6,8-10,17H2,1H3,(H,18,20). The number of morpholine rings is 1. The van der Waals surface area contributed by atoms with E-state index in [1.807, 2.05) is 11.8 Å². The van der Waals surface area contributed by atoms with E-state index < -0.39 is 0 Å². The molecule has 116 valence electrons. The average molecular weight is 295 g/mol. The van der Waals surface area contributed by atoms with Crippen LogP contribution in [0.2, 0.25) is 0 Å². The second kappa shape index (κ2) is 7.49. The van der Waals surface area contributed by atoms with Crippen LogP contribution in [0.5, 0.6) is 0 Å². The second-order valence-corrected chi connectivity index (χ2v) is 5.09. The summed E-state index contributed by atoms with van der Waals surface area (Å²) in [5.74, 6) is -0.346. The quantitative estimate of drug-likeness (QED) is 0.836. The van der Waals surface area contributed by atoms with Crippen LogP contribution >= 0.6 is 0 Å². The third kappa shape index (κ3) is 4.00. The van der Waals surface area contributed by atoms with E-state index in [-0.39, 0.29) is 17.8 Å². The van der Waals surface area contributed by atoms with Gasteiger partial charge in [0, 0.05) is 31.7 Å². The minimum atomic E-state index is -0.375. The van der Waals surface area contributed by atoms with Gasteiger partial charge in [-0.1, -0.05) is 12.1 Å². The number of ether oxygens (including phenoxy) is 1. The Morgan fingerprint density at radius 2 is 2.38 bits per heavy atom. The minimum absolute atomic E-state index is 0.0763. The Hall–Kier alpha value is -1.50. The van der Waals surface area contributed by atoms with Crippen molar-refractivity contribution in [3.63, 3.8) is 0 Å². The number of hydrogen-bond donors (Lipinski definition) is 2. The molecule has 3 N–H and O–H groups in total. The molecule has 21 heavy (non-hydrogen) atoms. The van der Waals surface area contributed by atoms with E-state index in [9.17, 15) is 9.18 Å². The number of halogens is 1. The minimum Gasteiger partial charge on any atom is -0.378 e. The van der Waals surface area contributed by atoms with Gasteiger partial charge >= 0.3 is 0 Å². The SMILES string of the molecule is CCNC(=O)C1COCCN1Cc1cc(CN)ccc1F. The third-order valence-electron chi connectivity index (χ3n) is 3.61. The van der Waals surface area contributed by atoms with E-state index in [0.29, 0.717) is 45.0 Å². The van der Waals surface area contributed by atoms with E-state index in [4.69, 9.17) is 10.5 Å². The summed E-state index contributed by atoms with van der Waals surface area (Å²) in [6.45, 7) is 4.68. The van der Waals surface area contributed by atoms with E-state index in [1.165, 1.54) is 6.07 Å². The number of nitrogens with zero attached hydrogens (tertiary/aromatic N) is 1. The molecule has 1 amide bonds. The zero-order valence-electron chi connectivity index (χ0n) is 12.3. The zero-order valence-corrected chi connectivity index (χ0v) is 12.3. The van der Waals surface area contributed by atoms with Gasteiger partial charge < -0.3 is 15.8 Å². The van der Waals surface area contributed by atoms with Gasteiger partial charge in [0.05, 0.1) is 13.2 Å². The summed E-state index contributed by atoms with van der Waals surface area (Å²) in [5, 5.41) is 2.79. The lowest BCUT2D eigenvalue weighted by Gasteiger charge is -2.34. The first-order valence-corrected chi connectivity index (χ1v) is 7.22. The number of rotatable bonds is 5. The number of benzene rings is 1. The van der Waals surface area contributed by atoms with Gasteiger partial charge in [-0.05, 0) is 18.6 Å². The highest BCUT2D eigenvalue weighted by Gasteiger charge is 2.29. The summed E-state index contributed by atoms with van der Waals surface area (Å²) in [6.07, 6.45) is 0. The number of carbonyl (C=O) groups is 1. The third-order valence-corrected chi connectivity index (χ3v) is 3.61. The Bertz CT molecular complexity index is 496. The molecular formula is C15H22FN3O2. The molecule has 1 aliphatic heterocycles. The number of hydrogen-bond acceptors (Lipinski definition) is 4. The van der Waals surface area contributed by atoms with Crippen LogP contribution in [-0.4, -0.2) is 43.2 Å². The molecule has 0 radical (unpaired) electrons. The fourth-order valence-corrected chi connectivity index (χ4v) is 2.46. The van der Waals surface area contributed by atoms with Crippen molar-refractivity contribution in [1.29, 1.82) is 0 Å². The molecule has 5 nitrogen and oxygen atoms in total. The largest absolute Gasteiger partial charge is 0.378 e. The van der Waals surface area contributed by atoms with Gasteiger partial charge in [0.25, 0.3) is 0 Å². The fourth-order valence-electron chi connectivity index (χ4n) is 2.46. The summed E-state index contributed by atoms with van der Waals surface area (Å²) in [4.78, 5) is 14.0. The number of nitrogens with one attached hydrogen (secondary N) is 1. The van der Waals surface area contributed by atoms with E-state index in [0.717, 1.165) is 5.56 Å². The molecule has 2 rings (SSSR count). The molecule has 1 aromatic rings. The molecule has 1 aromatic carbocycles. The highest BCUT2D eigenvalue weighted by Crippen LogP contribution is 2.17. The van der Waals surface area contributed by atoms with Crippen molar-refractivity contribution in [2.75, 3.05) is 26.3 Å². The Morgan fingerprint density at radius 1 is 1.57 bits per heavy atom. The summed E-state index contributed by atoms with van der Waals surface area (Å²) in [5.41, 5.74) is 7.04. The van der Waals surface area contributed by atoms with Gasteiger partial charge in [-0.25, -0.2) is 4.39 Å². The van der Waals surface area contributed by atoms with Crippen LogP contribution in [0.25, 0.3) is 0 Å². The van der Waals surface area contributed by atoms with Crippen LogP contribution < -0.4 is 11.1 Å². The highest BCUT2D eigenvalue weighted by molar-refractivity contribution is 5.81. The normalized spacial score (nSPS) is 19.5. The zero-order chi connectivity index (χ0) is 15.2. The van der Waals surface area contributed by atoms with E-state index in [2.05, 4.69) is 5.32 Å². The first-order chi connectivity index (χ1) is 10.2. The maximum atomic E-state index is 13.9. The topological polar surface area (TPSA) is 67.6 Å². The molecule has 1 aliphatic rings. The second-order valence-electron chi connectivity index (χ2n) is 5.09. The molecule has 6 heteroatoms. The van der Waals surface area contributed by atoms with Crippen molar-refractivity contribution in [2.45, 2.75) is 26.1 Å². The monoisotopic (exact) mass is 295 g/mol. The molecule has 0 spiro atoms. The van der Waals surface area contributed by atoms with Crippen molar-refractivity contribution < 1.29 is 13.9 Å². The Morgan fingerprint density at radius 3 is 3.10 bits per heavy atom. The van der Waals surface area contributed by atoms with Crippen LogP contribution in [0, 0.1) is 5.82 Å². The predicted octanol–water partition coefficient (Wildman–Crippen LogP) is 0.621. The summed E-state index contributed by atoms with van der Waals surface area (Å²) < 4.78 is 19.3. The number of likely N-dealkylation sites (N-methyl/N-ethyl adjacent to an activating group) is 1.